The fourth-order valence-electron chi connectivity index (χ4n) is 4.98. The molecule has 0 aromatic carbocycles. The number of hydrogen-bond donors (Lipinski definition) is 0. The van der Waals surface area contributed by atoms with Crippen LogP contribution in [0, 0.1) is 11.3 Å². The summed E-state index contributed by atoms with van der Waals surface area (Å²) in [5, 5.41) is 14.2. The molecule has 180 valence electrons. The number of fused-ring (bicyclic) bond motifs is 1. The van der Waals surface area contributed by atoms with Crippen molar-refractivity contribution in [2.75, 3.05) is 0 Å². The van der Waals surface area contributed by atoms with Crippen molar-refractivity contribution in [2.24, 2.45) is 11.3 Å². The van der Waals surface area contributed by atoms with Gasteiger partial charge in [-0.3, -0.25) is 0 Å². The summed E-state index contributed by atoms with van der Waals surface area (Å²) in [6.45, 7) is 25.9. The van der Waals surface area contributed by atoms with Crippen molar-refractivity contribution in [2.45, 2.75) is 131 Å². The van der Waals surface area contributed by atoms with E-state index in [1.165, 1.54) is 30.7 Å². The third kappa shape index (κ3) is 5.26. The van der Waals surface area contributed by atoms with Gasteiger partial charge in [-0.15, -0.1) is 9.78 Å². The maximum Gasteiger partial charge on any atom is 0.211 e. The summed E-state index contributed by atoms with van der Waals surface area (Å²) in [5.74, 6) is 0.760. The molecule has 0 fully saturated rings. The first-order chi connectivity index (χ1) is 14.5. The lowest BCUT2D eigenvalue weighted by Crippen LogP contribution is -2.56. The van der Waals surface area contributed by atoms with Crippen LogP contribution in [0.2, 0.25) is 0 Å². The number of rotatable bonds is 3. The van der Waals surface area contributed by atoms with Crippen molar-refractivity contribution < 1.29 is 4.80 Å². The maximum atomic E-state index is 5.20. The minimum Gasteiger partial charge on any atom is -0.247 e. The van der Waals surface area contributed by atoms with E-state index >= 15 is 0 Å². The molecule has 0 saturated heterocycles. The molecule has 2 aromatic rings. The lowest BCUT2D eigenvalue weighted by atomic mass is 9.74. The molecular weight excluding hydrogens is 396 g/mol. The van der Waals surface area contributed by atoms with E-state index in [4.69, 9.17) is 5.10 Å². The van der Waals surface area contributed by atoms with Crippen molar-refractivity contribution in [1.29, 1.82) is 0 Å². The van der Waals surface area contributed by atoms with E-state index in [2.05, 4.69) is 102 Å². The van der Waals surface area contributed by atoms with Gasteiger partial charge in [-0.1, -0.05) is 26.0 Å². The minimum atomic E-state index is -0.175. The van der Waals surface area contributed by atoms with E-state index in [1.54, 1.807) is 0 Å². The van der Waals surface area contributed by atoms with Crippen molar-refractivity contribution in [3.63, 3.8) is 0 Å². The zero-order valence-corrected chi connectivity index (χ0v) is 22.6. The third-order valence-electron chi connectivity index (χ3n) is 7.02. The molecule has 2 aromatic heterocycles. The molecule has 0 radical (unpaired) electrons. The van der Waals surface area contributed by atoms with Crippen LogP contribution in [-0.4, -0.2) is 24.8 Å². The van der Waals surface area contributed by atoms with Crippen molar-refractivity contribution in [3.05, 3.63) is 23.3 Å². The second kappa shape index (κ2) is 8.25. The van der Waals surface area contributed by atoms with Crippen LogP contribution >= 0.6 is 0 Å². The zero-order valence-electron chi connectivity index (χ0n) is 22.6. The van der Waals surface area contributed by atoms with E-state index in [9.17, 15) is 0 Å². The normalized spacial score (nSPS) is 18.9. The first-order valence-corrected chi connectivity index (χ1v) is 12.4. The molecular formula is C26H47N6+. The minimum absolute atomic E-state index is 0.0316. The number of nitrogens with zero attached hydrogens (tertiary/aromatic N) is 6. The first kappa shape index (κ1) is 24.9. The Hall–Kier alpha value is -1.72. The summed E-state index contributed by atoms with van der Waals surface area (Å²) in [4.78, 5) is 2.23. The Morgan fingerprint density at radius 2 is 1.56 bits per heavy atom. The highest BCUT2D eigenvalue weighted by Crippen LogP contribution is 2.36. The smallest absolute Gasteiger partial charge is 0.211 e. The molecule has 1 unspecified atom stereocenters. The summed E-state index contributed by atoms with van der Waals surface area (Å²) < 4.78 is 4.44. The largest absolute Gasteiger partial charge is 0.247 e. The van der Waals surface area contributed by atoms with Gasteiger partial charge in [-0.05, 0) is 98.8 Å². The summed E-state index contributed by atoms with van der Waals surface area (Å²) in [6.07, 6.45) is 8.04. The second-order valence-electron chi connectivity index (χ2n) is 13.6. The van der Waals surface area contributed by atoms with Crippen LogP contribution in [0.25, 0.3) is 0 Å². The van der Waals surface area contributed by atoms with E-state index in [1.807, 2.05) is 4.68 Å². The van der Waals surface area contributed by atoms with Gasteiger partial charge < -0.3 is 0 Å². The predicted octanol–water partition coefficient (Wildman–Crippen LogP) is 5.18. The van der Waals surface area contributed by atoms with E-state index in [-0.39, 0.29) is 16.5 Å². The Bertz CT molecular complexity index is 927. The molecule has 0 spiro atoms. The van der Waals surface area contributed by atoms with Crippen LogP contribution < -0.4 is 4.80 Å². The van der Waals surface area contributed by atoms with Crippen LogP contribution in [0.4, 0.5) is 0 Å². The van der Waals surface area contributed by atoms with Crippen molar-refractivity contribution in [1.82, 2.24) is 24.8 Å². The van der Waals surface area contributed by atoms with E-state index in [0.29, 0.717) is 5.41 Å². The molecule has 0 bridgehead atoms. The summed E-state index contributed by atoms with van der Waals surface area (Å²) >= 11 is 0. The van der Waals surface area contributed by atoms with Gasteiger partial charge in [-0.2, -0.15) is 0 Å². The fraction of sp³-hybridized carbons (Fsp3) is 0.846. The molecule has 0 amide bonds. The van der Waals surface area contributed by atoms with Crippen molar-refractivity contribution >= 4 is 0 Å². The van der Waals surface area contributed by atoms with E-state index in [0.717, 1.165) is 31.0 Å². The topological polar surface area (TPSA) is 52.4 Å². The highest BCUT2D eigenvalue weighted by atomic mass is 15.6. The molecule has 6 nitrogen and oxygen atoms in total. The molecule has 0 N–H and O–H groups in total. The highest BCUT2D eigenvalue weighted by molar-refractivity contribution is 5.13. The number of aromatic nitrogens is 6. The van der Waals surface area contributed by atoms with Crippen LogP contribution in [0.3, 0.4) is 0 Å². The van der Waals surface area contributed by atoms with E-state index < -0.39 is 0 Å². The quantitative estimate of drug-likeness (QED) is 0.614. The average molecular weight is 444 g/mol. The third-order valence-corrected chi connectivity index (χ3v) is 7.02. The van der Waals surface area contributed by atoms with Gasteiger partial charge >= 0.3 is 0 Å². The lowest BCUT2D eigenvalue weighted by Gasteiger charge is -2.32. The fourth-order valence-corrected chi connectivity index (χ4v) is 4.98. The number of hydrogen-bond acceptors (Lipinski definition) is 3. The Balaban J connectivity index is 1.97. The summed E-state index contributed by atoms with van der Waals surface area (Å²) in [5.41, 5.74) is 3.82. The second-order valence-corrected chi connectivity index (χ2v) is 13.6. The summed E-state index contributed by atoms with van der Waals surface area (Å²) in [6, 6.07) is 0. The molecule has 2 heterocycles. The van der Waals surface area contributed by atoms with Gasteiger partial charge in [0.2, 0.25) is 6.54 Å². The zero-order chi connectivity index (χ0) is 24.1. The SMILES string of the molecule is CC(C)(C[n+]1nc2c(n1C(C)(C)C)CCC(C(C)(C)C)CCC2)c1cn(C(C)(C)C)nn1. The molecule has 6 heteroatoms. The Morgan fingerprint density at radius 1 is 0.906 bits per heavy atom. The van der Waals surface area contributed by atoms with Crippen LogP contribution in [0.1, 0.15) is 113 Å². The molecule has 3 rings (SSSR count). The van der Waals surface area contributed by atoms with Gasteiger partial charge in [0.15, 0.2) is 0 Å². The standard InChI is InChI=1S/C26H47N6/c1-23(2,3)19-13-12-14-20-21(16-15-19)32(25(7,8)9)31(28-20)18-26(10,11)22-17-30(29-27-22)24(4,5)6/h17,19H,12-16,18H2,1-11H3/q+1. The molecule has 0 saturated carbocycles. The summed E-state index contributed by atoms with van der Waals surface area (Å²) in [7, 11) is 0. The van der Waals surface area contributed by atoms with Crippen LogP contribution in [0.15, 0.2) is 6.20 Å². The van der Waals surface area contributed by atoms with Gasteiger partial charge in [-0.25, -0.2) is 4.68 Å². The highest BCUT2D eigenvalue weighted by Gasteiger charge is 2.39. The Kier molecular flexibility index (Phi) is 6.42. The van der Waals surface area contributed by atoms with Crippen LogP contribution in [-0.2, 0) is 35.9 Å². The predicted molar refractivity (Wildman–Crippen MR) is 130 cm³/mol. The number of aryl methyl sites for hydroxylation is 1. The molecule has 1 aliphatic carbocycles. The van der Waals surface area contributed by atoms with Gasteiger partial charge in [0.05, 0.1) is 22.2 Å². The molecule has 1 aliphatic rings. The van der Waals surface area contributed by atoms with Crippen LogP contribution in [0.5, 0.6) is 0 Å². The molecule has 0 aliphatic heterocycles. The Morgan fingerprint density at radius 3 is 2.09 bits per heavy atom. The van der Waals surface area contributed by atoms with Gasteiger partial charge in [0.1, 0.15) is 11.4 Å². The van der Waals surface area contributed by atoms with Gasteiger partial charge in [0, 0.05) is 16.1 Å². The van der Waals surface area contributed by atoms with Gasteiger partial charge in [0.25, 0.3) is 0 Å². The Labute approximate surface area is 195 Å². The first-order valence-electron chi connectivity index (χ1n) is 12.4. The lowest BCUT2D eigenvalue weighted by molar-refractivity contribution is -0.836. The van der Waals surface area contributed by atoms with Crippen molar-refractivity contribution in [3.8, 4) is 0 Å². The molecule has 1 atom stereocenters. The molecule has 32 heavy (non-hydrogen) atoms. The average Bonchev–Trinajstić information content (AvgIpc) is 3.18. The maximum absolute atomic E-state index is 5.20. The monoisotopic (exact) mass is 443 g/mol.